The second kappa shape index (κ2) is 5.65. The Morgan fingerprint density at radius 3 is 3.08 bits per heavy atom. The first-order valence-electron chi connectivity index (χ1n) is 4.17. The van der Waals surface area contributed by atoms with Gasteiger partial charge in [-0.2, -0.15) is 4.98 Å². The average Bonchev–Trinajstić information content (AvgIpc) is 2.19. The van der Waals surface area contributed by atoms with Crippen LogP contribution in [-0.2, 0) is 0 Å². The lowest BCUT2D eigenvalue weighted by Crippen LogP contribution is -2.03. The molecule has 0 unspecified atom stereocenters. The van der Waals surface area contributed by atoms with Crippen molar-refractivity contribution in [2.45, 2.75) is 6.42 Å². The van der Waals surface area contributed by atoms with Crippen LogP contribution in [0.3, 0.4) is 0 Å². The highest BCUT2D eigenvalue weighted by Crippen LogP contribution is 2.10. The Morgan fingerprint density at radius 2 is 2.38 bits per heavy atom. The minimum Gasteiger partial charge on any atom is -0.481 e. The normalized spacial score (nSPS) is 9.69. The first-order valence-corrected chi connectivity index (χ1v) is 4.71. The molecule has 0 aliphatic rings. The summed E-state index contributed by atoms with van der Waals surface area (Å²) >= 11 is 5.54. The zero-order valence-corrected chi connectivity index (χ0v) is 8.34. The molecule has 72 valence electrons. The SMILES string of the molecule is COc1cccc(NCCCCl)n1. The molecule has 1 rings (SSSR count). The molecule has 1 heterocycles. The summed E-state index contributed by atoms with van der Waals surface area (Å²) < 4.78 is 4.98. The van der Waals surface area contributed by atoms with Crippen LogP contribution in [-0.4, -0.2) is 24.5 Å². The van der Waals surface area contributed by atoms with Crippen molar-refractivity contribution in [1.29, 1.82) is 0 Å². The predicted octanol–water partition coefficient (Wildman–Crippen LogP) is 2.13. The number of rotatable bonds is 5. The van der Waals surface area contributed by atoms with Crippen molar-refractivity contribution in [3.63, 3.8) is 0 Å². The van der Waals surface area contributed by atoms with Gasteiger partial charge in [0.2, 0.25) is 5.88 Å². The van der Waals surface area contributed by atoms with E-state index in [1.165, 1.54) is 0 Å². The van der Waals surface area contributed by atoms with Gasteiger partial charge in [-0.15, -0.1) is 11.6 Å². The molecule has 0 radical (unpaired) electrons. The Hall–Kier alpha value is -0.960. The number of alkyl halides is 1. The van der Waals surface area contributed by atoms with Gasteiger partial charge in [-0.05, 0) is 12.5 Å². The van der Waals surface area contributed by atoms with Crippen LogP contribution in [0, 0.1) is 0 Å². The largest absolute Gasteiger partial charge is 0.481 e. The fourth-order valence-electron chi connectivity index (χ4n) is 0.910. The molecule has 1 aromatic heterocycles. The molecule has 0 bridgehead atoms. The average molecular weight is 201 g/mol. The van der Waals surface area contributed by atoms with Crippen LogP contribution in [0.15, 0.2) is 18.2 Å². The second-order valence-corrected chi connectivity index (χ2v) is 2.91. The van der Waals surface area contributed by atoms with E-state index in [-0.39, 0.29) is 0 Å². The molecule has 0 saturated heterocycles. The van der Waals surface area contributed by atoms with Gasteiger partial charge in [0.15, 0.2) is 0 Å². The highest BCUT2D eigenvalue weighted by atomic mass is 35.5. The quantitative estimate of drug-likeness (QED) is 0.584. The number of pyridine rings is 1. The number of nitrogens with zero attached hydrogens (tertiary/aromatic N) is 1. The van der Waals surface area contributed by atoms with E-state index in [0.717, 1.165) is 18.8 Å². The molecule has 0 fully saturated rings. The molecule has 0 spiro atoms. The maximum absolute atomic E-state index is 5.54. The molecular weight excluding hydrogens is 188 g/mol. The highest BCUT2D eigenvalue weighted by molar-refractivity contribution is 6.17. The summed E-state index contributed by atoms with van der Waals surface area (Å²) in [5, 5.41) is 3.14. The first-order chi connectivity index (χ1) is 6.36. The minimum atomic E-state index is 0.621. The Morgan fingerprint density at radius 1 is 1.54 bits per heavy atom. The van der Waals surface area contributed by atoms with Gasteiger partial charge in [-0.1, -0.05) is 6.07 Å². The number of nitrogens with one attached hydrogen (secondary N) is 1. The smallest absolute Gasteiger partial charge is 0.214 e. The second-order valence-electron chi connectivity index (χ2n) is 2.53. The van der Waals surface area contributed by atoms with E-state index in [4.69, 9.17) is 16.3 Å². The lowest BCUT2D eigenvalue weighted by atomic mass is 10.4. The zero-order valence-electron chi connectivity index (χ0n) is 7.59. The molecule has 0 aromatic carbocycles. The topological polar surface area (TPSA) is 34.1 Å². The third-order valence-corrected chi connectivity index (χ3v) is 1.82. The Bertz CT molecular complexity index is 255. The van der Waals surface area contributed by atoms with Crippen LogP contribution < -0.4 is 10.1 Å². The fourth-order valence-corrected chi connectivity index (χ4v) is 1.04. The van der Waals surface area contributed by atoms with Crippen LogP contribution in [0.1, 0.15) is 6.42 Å². The summed E-state index contributed by atoms with van der Waals surface area (Å²) in [6.45, 7) is 0.837. The van der Waals surface area contributed by atoms with Crippen LogP contribution in [0.4, 0.5) is 5.82 Å². The molecule has 0 amide bonds. The van der Waals surface area contributed by atoms with E-state index < -0.39 is 0 Å². The summed E-state index contributed by atoms with van der Waals surface area (Å²) in [5.74, 6) is 2.11. The van der Waals surface area contributed by atoms with E-state index in [9.17, 15) is 0 Å². The number of aromatic nitrogens is 1. The van der Waals surface area contributed by atoms with Crippen LogP contribution in [0.5, 0.6) is 5.88 Å². The molecule has 0 aliphatic heterocycles. The van der Waals surface area contributed by atoms with Crippen molar-refractivity contribution in [2.75, 3.05) is 24.9 Å². The van der Waals surface area contributed by atoms with E-state index in [2.05, 4.69) is 10.3 Å². The van der Waals surface area contributed by atoms with Crippen molar-refractivity contribution < 1.29 is 4.74 Å². The Balaban J connectivity index is 2.46. The number of halogens is 1. The molecule has 0 saturated carbocycles. The Labute approximate surface area is 83.1 Å². The predicted molar refractivity (Wildman–Crippen MR) is 54.6 cm³/mol. The van der Waals surface area contributed by atoms with Crippen molar-refractivity contribution >= 4 is 17.4 Å². The summed E-state index contributed by atoms with van der Waals surface area (Å²) in [4.78, 5) is 4.19. The van der Waals surface area contributed by atoms with E-state index >= 15 is 0 Å². The number of hydrogen-bond donors (Lipinski definition) is 1. The zero-order chi connectivity index (χ0) is 9.52. The van der Waals surface area contributed by atoms with Gasteiger partial charge in [-0.25, -0.2) is 0 Å². The van der Waals surface area contributed by atoms with Crippen molar-refractivity contribution in [3.8, 4) is 5.88 Å². The van der Waals surface area contributed by atoms with Gasteiger partial charge in [0.1, 0.15) is 5.82 Å². The van der Waals surface area contributed by atoms with Gasteiger partial charge in [0.05, 0.1) is 7.11 Å². The lowest BCUT2D eigenvalue weighted by Gasteiger charge is -2.05. The minimum absolute atomic E-state index is 0.621. The van der Waals surface area contributed by atoms with E-state index in [1.807, 2.05) is 18.2 Å². The molecule has 0 atom stereocenters. The third kappa shape index (κ3) is 3.51. The van der Waals surface area contributed by atoms with Gasteiger partial charge >= 0.3 is 0 Å². The number of anilines is 1. The molecular formula is C9H13ClN2O. The number of hydrogen-bond acceptors (Lipinski definition) is 3. The van der Waals surface area contributed by atoms with Crippen molar-refractivity contribution in [2.24, 2.45) is 0 Å². The van der Waals surface area contributed by atoms with Crippen LogP contribution in [0.2, 0.25) is 0 Å². The third-order valence-electron chi connectivity index (χ3n) is 1.55. The number of methoxy groups -OCH3 is 1. The van der Waals surface area contributed by atoms with Gasteiger partial charge in [-0.3, -0.25) is 0 Å². The molecule has 13 heavy (non-hydrogen) atoms. The van der Waals surface area contributed by atoms with E-state index in [0.29, 0.717) is 11.8 Å². The van der Waals surface area contributed by atoms with Crippen LogP contribution >= 0.6 is 11.6 Å². The fraction of sp³-hybridized carbons (Fsp3) is 0.444. The molecule has 4 heteroatoms. The van der Waals surface area contributed by atoms with Crippen molar-refractivity contribution in [1.82, 2.24) is 4.98 Å². The maximum atomic E-state index is 5.54. The first kappa shape index (κ1) is 10.1. The summed E-state index contributed by atoms with van der Waals surface area (Å²) in [7, 11) is 1.60. The van der Waals surface area contributed by atoms with Gasteiger partial charge < -0.3 is 10.1 Å². The molecule has 3 nitrogen and oxygen atoms in total. The van der Waals surface area contributed by atoms with Crippen LogP contribution in [0.25, 0.3) is 0 Å². The lowest BCUT2D eigenvalue weighted by molar-refractivity contribution is 0.398. The maximum Gasteiger partial charge on any atom is 0.214 e. The summed E-state index contributed by atoms with van der Waals surface area (Å²) in [5.41, 5.74) is 0. The highest BCUT2D eigenvalue weighted by Gasteiger charge is 1.95. The summed E-state index contributed by atoms with van der Waals surface area (Å²) in [6.07, 6.45) is 0.931. The standard InChI is InChI=1S/C9H13ClN2O/c1-13-9-5-2-4-8(12-9)11-7-3-6-10/h2,4-5H,3,6-7H2,1H3,(H,11,12). The van der Waals surface area contributed by atoms with E-state index in [1.54, 1.807) is 7.11 Å². The van der Waals surface area contributed by atoms with Gasteiger partial charge in [0.25, 0.3) is 0 Å². The molecule has 1 N–H and O–H groups in total. The monoisotopic (exact) mass is 200 g/mol. The molecule has 0 aliphatic carbocycles. The number of ether oxygens (including phenoxy) is 1. The molecule has 1 aromatic rings. The van der Waals surface area contributed by atoms with Gasteiger partial charge in [0, 0.05) is 18.5 Å². The Kier molecular flexibility index (Phi) is 4.40. The summed E-state index contributed by atoms with van der Waals surface area (Å²) in [6, 6.07) is 5.61. The van der Waals surface area contributed by atoms with Crippen molar-refractivity contribution in [3.05, 3.63) is 18.2 Å².